The van der Waals surface area contributed by atoms with Gasteiger partial charge in [-0.2, -0.15) is 9.71 Å². The largest absolute Gasteiger partial charge is 0.478 e. The number of fused-ring (bicyclic) bond motifs is 3. The fourth-order valence-electron chi connectivity index (χ4n) is 2.92. The number of hydrogen-bond acceptors (Lipinski definition) is 8. The van der Waals surface area contributed by atoms with E-state index in [1.165, 1.54) is 26.4 Å². The number of hydrogen-bond donors (Lipinski definition) is 3. The van der Waals surface area contributed by atoms with E-state index in [9.17, 15) is 13.2 Å². The molecule has 1 unspecified atom stereocenters. The molecule has 12 heteroatoms. The second-order valence-corrected chi connectivity index (χ2v) is 7.89. The first kappa shape index (κ1) is 21.8. The van der Waals surface area contributed by atoms with Crippen molar-refractivity contribution in [1.29, 1.82) is 0 Å². The van der Waals surface area contributed by atoms with Crippen molar-refractivity contribution in [3.8, 4) is 11.8 Å². The van der Waals surface area contributed by atoms with Crippen LogP contribution < -0.4 is 19.9 Å². The zero-order chi connectivity index (χ0) is 21.9. The summed E-state index contributed by atoms with van der Waals surface area (Å²) in [6.45, 7) is 2.15. The van der Waals surface area contributed by atoms with E-state index in [0.29, 0.717) is 28.4 Å². The maximum absolute atomic E-state index is 12.8. The van der Waals surface area contributed by atoms with Crippen LogP contribution in [0.3, 0.4) is 0 Å². The van der Waals surface area contributed by atoms with Crippen molar-refractivity contribution < 1.29 is 32.2 Å². The highest BCUT2D eigenvalue weighted by molar-refractivity contribution is 7.89. The Morgan fingerprint density at radius 2 is 2.03 bits per heavy atom. The first-order chi connectivity index (χ1) is 14.3. The average Bonchev–Trinajstić information content (AvgIpc) is 3.05. The Bertz CT molecular complexity index is 1180. The number of rotatable bonds is 9. The number of primary amides is 1. The Labute approximate surface area is 172 Å². The number of nitrogens with two attached hydrogens (primary N) is 1. The quantitative estimate of drug-likeness (QED) is 0.424. The van der Waals surface area contributed by atoms with Crippen molar-refractivity contribution >= 4 is 37.9 Å². The van der Waals surface area contributed by atoms with E-state index in [1.807, 2.05) is 0 Å². The van der Waals surface area contributed by atoms with Gasteiger partial charge in [0, 0.05) is 36.6 Å². The van der Waals surface area contributed by atoms with Gasteiger partial charge in [0.2, 0.25) is 15.9 Å². The smallest absolute Gasteiger partial charge is 0.411 e. The highest BCUT2D eigenvalue weighted by atomic mass is 32.2. The van der Waals surface area contributed by atoms with Crippen molar-refractivity contribution in [3.05, 3.63) is 24.3 Å². The summed E-state index contributed by atoms with van der Waals surface area (Å²) < 4.78 is 48.4. The summed E-state index contributed by atoms with van der Waals surface area (Å²) in [4.78, 5) is 18.5. The summed E-state index contributed by atoms with van der Waals surface area (Å²) >= 11 is 0. The standard InChI is InChI=1S/C18H22N4O7S/c1-4-28-14-8-12-11-7-10(30(24,25)22-15(27-3)9-26-2)5-6-13(11)20-16(12)17(21-14)29-18(19)23/h5-8,15,20,22H,4,9H2,1-3H3,(H2,19,23). The van der Waals surface area contributed by atoms with E-state index in [-0.39, 0.29) is 23.3 Å². The number of sulfonamides is 1. The van der Waals surface area contributed by atoms with Gasteiger partial charge in [-0.3, -0.25) is 0 Å². The number of benzene rings is 1. The van der Waals surface area contributed by atoms with Gasteiger partial charge in [-0.25, -0.2) is 13.2 Å². The number of H-pyrrole nitrogens is 1. The highest BCUT2D eigenvalue weighted by Crippen LogP contribution is 2.34. The van der Waals surface area contributed by atoms with Crippen molar-refractivity contribution in [2.45, 2.75) is 18.0 Å². The van der Waals surface area contributed by atoms with E-state index in [2.05, 4.69) is 14.7 Å². The molecule has 4 N–H and O–H groups in total. The molecule has 1 atom stereocenters. The lowest BCUT2D eigenvalue weighted by Gasteiger charge is -2.16. The number of aromatic amines is 1. The Morgan fingerprint density at radius 1 is 1.27 bits per heavy atom. The van der Waals surface area contributed by atoms with Crippen LogP contribution in [0, 0.1) is 0 Å². The Hall–Kier alpha value is -2.93. The fraction of sp³-hybridized carbons (Fsp3) is 0.333. The molecule has 0 fully saturated rings. The van der Waals surface area contributed by atoms with Crippen LogP contribution in [0.1, 0.15) is 6.92 Å². The molecule has 0 aliphatic heterocycles. The third-order valence-electron chi connectivity index (χ3n) is 4.19. The van der Waals surface area contributed by atoms with Crippen molar-refractivity contribution in [2.75, 3.05) is 27.4 Å². The normalized spacial score (nSPS) is 12.9. The van der Waals surface area contributed by atoms with Gasteiger partial charge < -0.3 is 29.7 Å². The Balaban J connectivity index is 2.14. The van der Waals surface area contributed by atoms with Crippen LogP contribution in [0.25, 0.3) is 21.8 Å². The summed E-state index contributed by atoms with van der Waals surface area (Å²) in [6, 6.07) is 6.14. The van der Waals surface area contributed by atoms with Crippen LogP contribution in [0.15, 0.2) is 29.2 Å². The molecule has 0 aliphatic rings. The zero-order valence-corrected chi connectivity index (χ0v) is 17.4. The monoisotopic (exact) mass is 438 g/mol. The van der Waals surface area contributed by atoms with Gasteiger partial charge in [0.1, 0.15) is 11.7 Å². The van der Waals surface area contributed by atoms with E-state index in [4.69, 9.17) is 24.7 Å². The molecule has 162 valence electrons. The summed E-state index contributed by atoms with van der Waals surface area (Å²) in [5, 5.41) is 1.11. The number of carbonyl (C=O) groups excluding carboxylic acids is 1. The van der Waals surface area contributed by atoms with E-state index < -0.39 is 22.3 Å². The molecular weight excluding hydrogens is 416 g/mol. The number of nitrogens with zero attached hydrogens (tertiary/aromatic N) is 1. The van der Waals surface area contributed by atoms with E-state index in [1.54, 1.807) is 19.1 Å². The number of nitrogens with one attached hydrogen (secondary N) is 2. The minimum atomic E-state index is -3.90. The lowest BCUT2D eigenvalue weighted by Crippen LogP contribution is -2.39. The fourth-order valence-corrected chi connectivity index (χ4v) is 4.09. The number of pyridine rings is 1. The molecule has 3 rings (SSSR count). The third-order valence-corrected chi connectivity index (χ3v) is 5.64. The van der Waals surface area contributed by atoms with Crippen LogP contribution in [0.2, 0.25) is 0 Å². The number of methoxy groups -OCH3 is 2. The maximum Gasteiger partial charge on any atom is 0.411 e. The van der Waals surface area contributed by atoms with E-state index in [0.717, 1.165) is 0 Å². The predicted octanol–water partition coefficient (Wildman–Crippen LogP) is 1.47. The van der Waals surface area contributed by atoms with Gasteiger partial charge in [0.15, 0.2) is 0 Å². The lowest BCUT2D eigenvalue weighted by molar-refractivity contribution is 0.0219. The average molecular weight is 438 g/mol. The predicted molar refractivity (Wildman–Crippen MR) is 108 cm³/mol. The third kappa shape index (κ3) is 4.46. The molecule has 1 amide bonds. The Kier molecular flexibility index (Phi) is 6.41. The number of aromatic nitrogens is 2. The highest BCUT2D eigenvalue weighted by Gasteiger charge is 2.22. The summed E-state index contributed by atoms with van der Waals surface area (Å²) in [5.41, 5.74) is 6.12. The molecular formula is C18H22N4O7S. The number of carbonyl (C=O) groups is 1. The molecule has 0 saturated heterocycles. The molecule has 2 aromatic heterocycles. The SMILES string of the molecule is CCOc1cc2c([nH]c3ccc(S(=O)(=O)NC(COC)OC)cc32)c(OC(N)=O)n1. The van der Waals surface area contributed by atoms with Gasteiger partial charge in [0.05, 0.1) is 18.1 Å². The van der Waals surface area contributed by atoms with Crippen LogP contribution in [-0.2, 0) is 19.5 Å². The summed E-state index contributed by atoms with van der Waals surface area (Å²) in [7, 11) is -1.09. The second kappa shape index (κ2) is 8.83. The molecule has 0 aliphatic carbocycles. The van der Waals surface area contributed by atoms with Crippen LogP contribution in [-0.4, -0.2) is 58.1 Å². The number of amides is 1. The molecule has 11 nitrogen and oxygen atoms in total. The summed E-state index contributed by atoms with van der Waals surface area (Å²) in [5.74, 6) is 0.134. The molecule has 3 aromatic rings. The second-order valence-electron chi connectivity index (χ2n) is 6.18. The molecule has 0 saturated carbocycles. The first-order valence-corrected chi connectivity index (χ1v) is 10.4. The van der Waals surface area contributed by atoms with Crippen molar-refractivity contribution in [1.82, 2.24) is 14.7 Å². The first-order valence-electron chi connectivity index (χ1n) is 8.89. The van der Waals surface area contributed by atoms with Gasteiger partial charge in [-0.1, -0.05) is 0 Å². The van der Waals surface area contributed by atoms with Crippen molar-refractivity contribution in [2.24, 2.45) is 5.73 Å². The van der Waals surface area contributed by atoms with Crippen molar-refractivity contribution in [3.63, 3.8) is 0 Å². The van der Waals surface area contributed by atoms with Crippen LogP contribution in [0.5, 0.6) is 11.8 Å². The van der Waals surface area contributed by atoms with Crippen LogP contribution >= 0.6 is 0 Å². The number of ether oxygens (including phenoxy) is 4. The molecule has 0 bridgehead atoms. The minimum Gasteiger partial charge on any atom is -0.478 e. The molecule has 1 aromatic carbocycles. The van der Waals surface area contributed by atoms with Crippen LogP contribution in [0.4, 0.5) is 4.79 Å². The van der Waals surface area contributed by atoms with Gasteiger partial charge in [-0.05, 0) is 25.1 Å². The molecule has 2 heterocycles. The van der Waals surface area contributed by atoms with Gasteiger partial charge >= 0.3 is 6.09 Å². The Morgan fingerprint density at radius 3 is 2.67 bits per heavy atom. The molecule has 30 heavy (non-hydrogen) atoms. The lowest BCUT2D eigenvalue weighted by atomic mass is 10.2. The maximum atomic E-state index is 12.8. The topological polar surface area (TPSA) is 155 Å². The molecule has 0 spiro atoms. The van der Waals surface area contributed by atoms with Gasteiger partial charge in [-0.15, -0.1) is 0 Å². The minimum absolute atomic E-state index is 0.0150. The van der Waals surface area contributed by atoms with E-state index >= 15 is 0 Å². The molecule has 0 radical (unpaired) electrons. The summed E-state index contributed by atoms with van der Waals surface area (Å²) in [6.07, 6.45) is -1.88. The van der Waals surface area contributed by atoms with Gasteiger partial charge in [0.25, 0.3) is 5.88 Å². The zero-order valence-electron chi connectivity index (χ0n) is 16.6.